The van der Waals surface area contributed by atoms with Crippen LogP contribution in [0.2, 0.25) is 0 Å². The number of hydrazone groups is 1. The van der Waals surface area contributed by atoms with Crippen LogP contribution in [0.15, 0.2) is 34.3 Å². The van der Waals surface area contributed by atoms with Crippen molar-refractivity contribution in [1.82, 2.24) is 40.6 Å². The molecular weight excluding hydrogens is 380 g/mol. The van der Waals surface area contributed by atoms with E-state index in [-0.39, 0.29) is 17.3 Å². The van der Waals surface area contributed by atoms with Gasteiger partial charge in [-0.05, 0) is 28.0 Å². The van der Waals surface area contributed by atoms with Crippen molar-refractivity contribution in [2.75, 3.05) is 32.0 Å². The number of pyridine rings is 1. The molecule has 13 nitrogen and oxygen atoms in total. The highest BCUT2D eigenvalue weighted by Gasteiger charge is 2.26. The maximum Gasteiger partial charge on any atom is 0.293 e. The molecule has 0 unspecified atom stereocenters. The van der Waals surface area contributed by atoms with Crippen LogP contribution in [0.5, 0.6) is 0 Å². The third-order valence-corrected chi connectivity index (χ3v) is 4.24. The van der Waals surface area contributed by atoms with E-state index in [1.54, 1.807) is 24.5 Å². The molecule has 3 aromatic rings. The fourth-order valence-corrected chi connectivity index (χ4v) is 2.77. The number of hydrogen-bond donors (Lipinski definition) is 2. The zero-order chi connectivity index (χ0) is 20.1. The second-order valence-electron chi connectivity index (χ2n) is 6.14. The first-order valence-corrected chi connectivity index (χ1v) is 8.79. The fourth-order valence-electron chi connectivity index (χ4n) is 2.77. The number of amides is 1. The minimum absolute atomic E-state index is 0.0424. The van der Waals surface area contributed by atoms with Gasteiger partial charge >= 0.3 is 0 Å². The third-order valence-electron chi connectivity index (χ3n) is 4.24. The van der Waals surface area contributed by atoms with Crippen molar-refractivity contribution < 1.29 is 14.2 Å². The van der Waals surface area contributed by atoms with Crippen LogP contribution < -0.4 is 11.2 Å². The molecule has 150 valence electrons. The Labute approximate surface area is 164 Å². The number of nitrogen functional groups attached to an aromatic ring is 1. The predicted octanol–water partition coefficient (Wildman–Crippen LogP) is -0.776. The maximum atomic E-state index is 12.7. The van der Waals surface area contributed by atoms with Crippen LogP contribution in [0.3, 0.4) is 0 Å². The molecule has 1 aliphatic rings. The second kappa shape index (κ2) is 8.53. The van der Waals surface area contributed by atoms with Gasteiger partial charge in [0.2, 0.25) is 11.6 Å². The molecular formula is C16H18N10O3. The predicted molar refractivity (Wildman–Crippen MR) is 99.0 cm³/mol. The summed E-state index contributed by atoms with van der Waals surface area (Å²) < 4.78 is 11.4. The molecule has 0 spiro atoms. The number of carbonyl (C=O) groups excluding carboxylic acids is 1. The summed E-state index contributed by atoms with van der Waals surface area (Å²) in [5.41, 5.74) is 9.63. The van der Waals surface area contributed by atoms with Crippen LogP contribution >= 0.6 is 0 Å². The number of rotatable bonds is 6. The lowest BCUT2D eigenvalue weighted by molar-refractivity contribution is 0.0332. The summed E-state index contributed by atoms with van der Waals surface area (Å²) >= 11 is 0. The van der Waals surface area contributed by atoms with Crippen molar-refractivity contribution in [1.29, 1.82) is 0 Å². The second-order valence-corrected chi connectivity index (χ2v) is 6.14. The quantitative estimate of drug-likeness (QED) is 0.398. The van der Waals surface area contributed by atoms with Gasteiger partial charge in [0.05, 0.1) is 25.1 Å². The van der Waals surface area contributed by atoms with Crippen LogP contribution in [0.4, 0.5) is 5.82 Å². The average Bonchev–Trinajstić information content (AvgIpc) is 3.35. The van der Waals surface area contributed by atoms with E-state index in [1.807, 2.05) is 0 Å². The maximum absolute atomic E-state index is 12.7. The van der Waals surface area contributed by atoms with Crippen LogP contribution in [0.1, 0.15) is 21.7 Å². The largest absolute Gasteiger partial charge is 0.379 e. The lowest BCUT2D eigenvalue weighted by Crippen LogP contribution is -2.37. The number of anilines is 1. The monoisotopic (exact) mass is 398 g/mol. The molecule has 4 rings (SSSR count). The summed E-state index contributed by atoms with van der Waals surface area (Å²) in [4.78, 5) is 18.7. The SMILES string of the molecule is Nc1nonc1-n1nnc(C(=O)N/N=C/c2ccncc2)c1CN1CCOCC1. The Hall–Kier alpha value is -3.71. The van der Waals surface area contributed by atoms with Gasteiger partial charge in [0.15, 0.2) is 5.69 Å². The first kappa shape index (κ1) is 18.6. The smallest absolute Gasteiger partial charge is 0.293 e. The van der Waals surface area contributed by atoms with Crippen molar-refractivity contribution >= 4 is 17.9 Å². The molecule has 1 fully saturated rings. The first-order chi connectivity index (χ1) is 14.2. The third kappa shape index (κ3) is 4.25. The summed E-state index contributed by atoms with van der Waals surface area (Å²) in [7, 11) is 0. The average molecular weight is 398 g/mol. The van der Waals surface area contributed by atoms with Gasteiger partial charge in [0.25, 0.3) is 5.91 Å². The standard InChI is InChI=1S/C16H18N10O3/c17-14-15(23-29-22-14)26-12(10-25-5-7-28-8-6-25)13(20-24-26)16(27)21-19-9-11-1-3-18-4-2-11/h1-4,9H,5-8,10H2,(H2,17,22)(H,21,27)/b19-9+. The molecule has 1 aliphatic heterocycles. The Balaban J connectivity index is 1.58. The number of ether oxygens (including phenoxy) is 1. The zero-order valence-electron chi connectivity index (χ0n) is 15.3. The number of nitrogens with two attached hydrogens (primary N) is 1. The van der Waals surface area contributed by atoms with E-state index < -0.39 is 5.91 Å². The van der Waals surface area contributed by atoms with E-state index in [4.69, 9.17) is 10.5 Å². The highest BCUT2D eigenvalue weighted by Crippen LogP contribution is 2.18. The fraction of sp³-hybridized carbons (Fsp3) is 0.312. The van der Waals surface area contributed by atoms with Crippen LogP contribution in [0, 0.1) is 0 Å². The molecule has 3 aromatic heterocycles. The number of nitrogens with zero attached hydrogens (tertiary/aromatic N) is 8. The van der Waals surface area contributed by atoms with Gasteiger partial charge in [-0.3, -0.25) is 14.7 Å². The molecule has 0 saturated carbocycles. The van der Waals surface area contributed by atoms with Crippen molar-refractivity contribution in [2.45, 2.75) is 6.54 Å². The van der Waals surface area contributed by atoms with E-state index in [0.29, 0.717) is 38.5 Å². The van der Waals surface area contributed by atoms with Crippen molar-refractivity contribution in [2.24, 2.45) is 5.10 Å². The molecule has 29 heavy (non-hydrogen) atoms. The van der Waals surface area contributed by atoms with Gasteiger partial charge < -0.3 is 10.5 Å². The molecule has 3 N–H and O–H groups in total. The summed E-state index contributed by atoms with van der Waals surface area (Å²) in [6.07, 6.45) is 4.77. The number of hydrogen-bond acceptors (Lipinski definition) is 11. The Kier molecular flexibility index (Phi) is 5.49. The van der Waals surface area contributed by atoms with Gasteiger partial charge in [-0.15, -0.1) is 5.10 Å². The summed E-state index contributed by atoms with van der Waals surface area (Å²) in [6.45, 7) is 3.01. The van der Waals surface area contributed by atoms with E-state index in [2.05, 4.69) is 45.7 Å². The number of carbonyl (C=O) groups is 1. The molecule has 4 heterocycles. The molecule has 0 radical (unpaired) electrons. The molecule has 0 aromatic carbocycles. The molecule has 0 atom stereocenters. The highest BCUT2D eigenvalue weighted by atomic mass is 16.6. The molecule has 0 bridgehead atoms. The Bertz CT molecular complexity index is 994. The van der Waals surface area contributed by atoms with E-state index in [1.165, 1.54) is 10.9 Å². The van der Waals surface area contributed by atoms with Crippen LogP contribution in [-0.4, -0.2) is 73.6 Å². The Morgan fingerprint density at radius 2 is 2.07 bits per heavy atom. The highest BCUT2D eigenvalue weighted by molar-refractivity contribution is 5.94. The molecule has 1 saturated heterocycles. The molecule has 13 heteroatoms. The Morgan fingerprint density at radius 3 is 2.79 bits per heavy atom. The van der Waals surface area contributed by atoms with Crippen molar-refractivity contribution in [3.63, 3.8) is 0 Å². The summed E-state index contributed by atoms with van der Waals surface area (Å²) in [5.74, 6) is -0.305. The van der Waals surface area contributed by atoms with Gasteiger partial charge in [-0.1, -0.05) is 5.21 Å². The van der Waals surface area contributed by atoms with E-state index in [9.17, 15) is 4.79 Å². The normalized spacial score (nSPS) is 15.0. The molecule has 0 aliphatic carbocycles. The first-order valence-electron chi connectivity index (χ1n) is 8.79. The minimum Gasteiger partial charge on any atom is -0.379 e. The van der Waals surface area contributed by atoms with Crippen molar-refractivity contribution in [3.8, 4) is 5.82 Å². The lowest BCUT2D eigenvalue weighted by Gasteiger charge is -2.26. The summed E-state index contributed by atoms with van der Waals surface area (Å²) in [5, 5.41) is 19.3. The van der Waals surface area contributed by atoms with Crippen molar-refractivity contribution in [3.05, 3.63) is 41.5 Å². The van der Waals surface area contributed by atoms with Gasteiger partial charge in [-0.25, -0.2) is 10.1 Å². The number of aromatic nitrogens is 6. The molecule has 1 amide bonds. The number of nitrogens with one attached hydrogen (secondary N) is 1. The lowest BCUT2D eigenvalue weighted by atomic mass is 10.2. The minimum atomic E-state index is -0.514. The Morgan fingerprint density at radius 1 is 1.28 bits per heavy atom. The van der Waals surface area contributed by atoms with Crippen LogP contribution in [-0.2, 0) is 11.3 Å². The van der Waals surface area contributed by atoms with Crippen LogP contribution in [0.25, 0.3) is 5.82 Å². The number of morpholine rings is 1. The summed E-state index contributed by atoms with van der Waals surface area (Å²) in [6, 6.07) is 3.52. The van der Waals surface area contributed by atoms with Gasteiger partial charge in [-0.2, -0.15) is 9.78 Å². The van der Waals surface area contributed by atoms with E-state index in [0.717, 1.165) is 5.56 Å². The van der Waals surface area contributed by atoms with Gasteiger partial charge in [0, 0.05) is 32.0 Å². The van der Waals surface area contributed by atoms with Gasteiger partial charge in [0.1, 0.15) is 0 Å². The topological polar surface area (TPSA) is 162 Å². The zero-order valence-corrected chi connectivity index (χ0v) is 15.3. The van der Waals surface area contributed by atoms with E-state index >= 15 is 0 Å².